The SMILES string of the molecule is COc1ccc(OC)c(-c2csc(-c3ccccc3OC)n2)c1. The molecule has 0 fully saturated rings. The van der Waals surface area contributed by atoms with Crippen molar-refractivity contribution in [1.29, 1.82) is 0 Å². The van der Waals surface area contributed by atoms with Gasteiger partial charge in [0.15, 0.2) is 0 Å². The van der Waals surface area contributed by atoms with E-state index in [1.54, 1.807) is 32.7 Å². The minimum atomic E-state index is 0.766. The molecule has 2 aromatic carbocycles. The van der Waals surface area contributed by atoms with E-state index in [-0.39, 0.29) is 0 Å². The number of para-hydroxylation sites is 1. The summed E-state index contributed by atoms with van der Waals surface area (Å²) in [6.07, 6.45) is 0. The Morgan fingerprint density at radius 1 is 0.826 bits per heavy atom. The lowest BCUT2D eigenvalue weighted by atomic mass is 10.1. The summed E-state index contributed by atoms with van der Waals surface area (Å²) in [4.78, 5) is 4.75. The molecule has 0 aliphatic rings. The molecule has 1 heterocycles. The number of hydrogen-bond acceptors (Lipinski definition) is 5. The van der Waals surface area contributed by atoms with Gasteiger partial charge in [0.1, 0.15) is 22.3 Å². The molecule has 3 aromatic rings. The first kappa shape index (κ1) is 15.4. The van der Waals surface area contributed by atoms with Crippen LogP contribution in [-0.4, -0.2) is 26.3 Å². The lowest BCUT2D eigenvalue weighted by molar-refractivity contribution is 0.404. The molecule has 4 nitrogen and oxygen atoms in total. The molecule has 0 saturated heterocycles. The average molecular weight is 327 g/mol. The molecule has 23 heavy (non-hydrogen) atoms. The smallest absolute Gasteiger partial charge is 0.129 e. The molecule has 0 atom stereocenters. The third kappa shape index (κ3) is 3.00. The zero-order valence-electron chi connectivity index (χ0n) is 13.2. The molecule has 118 valence electrons. The van der Waals surface area contributed by atoms with Crippen LogP contribution >= 0.6 is 11.3 Å². The molecular weight excluding hydrogens is 310 g/mol. The van der Waals surface area contributed by atoms with Gasteiger partial charge in [-0.3, -0.25) is 0 Å². The van der Waals surface area contributed by atoms with Gasteiger partial charge >= 0.3 is 0 Å². The maximum absolute atomic E-state index is 5.44. The summed E-state index contributed by atoms with van der Waals surface area (Å²) in [5.74, 6) is 2.35. The maximum Gasteiger partial charge on any atom is 0.129 e. The number of ether oxygens (including phenoxy) is 3. The summed E-state index contributed by atoms with van der Waals surface area (Å²) in [5.41, 5.74) is 2.74. The number of aromatic nitrogens is 1. The summed E-state index contributed by atoms with van der Waals surface area (Å²) in [5, 5.41) is 2.92. The van der Waals surface area contributed by atoms with Gasteiger partial charge in [-0.05, 0) is 30.3 Å². The van der Waals surface area contributed by atoms with Crippen LogP contribution in [0.1, 0.15) is 0 Å². The van der Waals surface area contributed by atoms with Gasteiger partial charge in [-0.2, -0.15) is 0 Å². The first-order valence-corrected chi connectivity index (χ1v) is 7.96. The zero-order valence-corrected chi connectivity index (χ0v) is 14.0. The van der Waals surface area contributed by atoms with Crippen molar-refractivity contribution in [1.82, 2.24) is 4.98 Å². The molecule has 0 radical (unpaired) electrons. The second-order valence-electron chi connectivity index (χ2n) is 4.80. The molecule has 0 spiro atoms. The van der Waals surface area contributed by atoms with Gasteiger partial charge in [-0.15, -0.1) is 11.3 Å². The van der Waals surface area contributed by atoms with Crippen molar-refractivity contribution in [2.45, 2.75) is 0 Å². The monoisotopic (exact) mass is 327 g/mol. The fourth-order valence-corrected chi connectivity index (χ4v) is 3.21. The van der Waals surface area contributed by atoms with E-state index in [4.69, 9.17) is 19.2 Å². The topological polar surface area (TPSA) is 40.6 Å². The predicted octanol–water partition coefficient (Wildman–Crippen LogP) is 4.50. The lowest BCUT2D eigenvalue weighted by Crippen LogP contribution is -1.91. The van der Waals surface area contributed by atoms with Gasteiger partial charge < -0.3 is 14.2 Å². The van der Waals surface area contributed by atoms with Gasteiger partial charge in [0.2, 0.25) is 0 Å². The Labute approximate surface area is 139 Å². The molecule has 0 aliphatic carbocycles. The Kier molecular flexibility index (Phi) is 4.48. The highest BCUT2D eigenvalue weighted by Gasteiger charge is 2.14. The zero-order chi connectivity index (χ0) is 16.2. The van der Waals surface area contributed by atoms with E-state index < -0.39 is 0 Å². The van der Waals surface area contributed by atoms with Gasteiger partial charge in [0.05, 0.1) is 32.6 Å². The number of thiazole rings is 1. The van der Waals surface area contributed by atoms with Crippen molar-refractivity contribution >= 4 is 11.3 Å². The van der Waals surface area contributed by atoms with E-state index in [9.17, 15) is 0 Å². The first-order valence-electron chi connectivity index (χ1n) is 7.08. The van der Waals surface area contributed by atoms with Crippen LogP contribution in [-0.2, 0) is 0 Å². The summed E-state index contributed by atoms with van der Waals surface area (Å²) in [7, 11) is 4.96. The van der Waals surface area contributed by atoms with Crippen molar-refractivity contribution in [3.05, 3.63) is 47.8 Å². The Morgan fingerprint density at radius 2 is 1.57 bits per heavy atom. The van der Waals surface area contributed by atoms with Crippen LogP contribution < -0.4 is 14.2 Å². The Hall–Kier alpha value is -2.53. The van der Waals surface area contributed by atoms with Crippen molar-refractivity contribution < 1.29 is 14.2 Å². The van der Waals surface area contributed by atoms with Gasteiger partial charge in [-0.25, -0.2) is 4.98 Å². The molecule has 0 aliphatic heterocycles. The van der Waals surface area contributed by atoms with Crippen LogP contribution in [0.5, 0.6) is 17.2 Å². The molecule has 0 amide bonds. The van der Waals surface area contributed by atoms with E-state index in [1.807, 2.05) is 47.8 Å². The van der Waals surface area contributed by atoms with E-state index in [0.29, 0.717) is 0 Å². The predicted molar refractivity (Wildman–Crippen MR) is 92.6 cm³/mol. The van der Waals surface area contributed by atoms with E-state index in [2.05, 4.69) is 0 Å². The van der Waals surface area contributed by atoms with Crippen LogP contribution in [0.3, 0.4) is 0 Å². The Bertz CT molecular complexity index is 814. The minimum absolute atomic E-state index is 0.766. The summed E-state index contributed by atoms with van der Waals surface area (Å²) >= 11 is 1.57. The molecular formula is C18H17NO3S. The highest BCUT2D eigenvalue weighted by molar-refractivity contribution is 7.13. The maximum atomic E-state index is 5.44. The molecule has 1 aromatic heterocycles. The third-order valence-electron chi connectivity index (χ3n) is 3.52. The van der Waals surface area contributed by atoms with E-state index in [1.165, 1.54) is 0 Å². The van der Waals surface area contributed by atoms with E-state index in [0.717, 1.165) is 39.1 Å². The van der Waals surface area contributed by atoms with Crippen LogP contribution in [0.4, 0.5) is 0 Å². The molecule has 0 unspecified atom stereocenters. The standard InChI is InChI=1S/C18H17NO3S/c1-20-12-8-9-17(22-3)14(10-12)15-11-23-18(19-15)13-6-4-5-7-16(13)21-2/h4-11H,1-3H3. The number of nitrogens with zero attached hydrogens (tertiary/aromatic N) is 1. The minimum Gasteiger partial charge on any atom is -0.497 e. The normalized spacial score (nSPS) is 10.4. The van der Waals surface area contributed by atoms with Crippen LogP contribution in [0.15, 0.2) is 47.8 Å². The molecule has 0 bridgehead atoms. The highest BCUT2D eigenvalue weighted by atomic mass is 32.1. The summed E-state index contributed by atoms with van der Waals surface area (Å²) in [6, 6.07) is 13.5. The van der Waals surface area contributed by atoms with Crippen molar-refractivity contribution in [2.75, 3.05) is 21.3 Å². The van der Waals surface area contributed by atoms with Crippen LogP contribution in [0, 0.1) is 0 Å². The van der Waals surface area contributed by atoms with Crippen LogP contribution in [0.2, 0.25) is 0 Å². The van der Waals surface area contributed by atoms with Gasteiger partial charge in [-0.1, -0.05) is 12.1 Å². The van der Waals surface area contributed by atoms with Crippen LogP contribution in [0.25, 0.3) is 21.8 Å². The fourth-order valence-electron chi connectivity index (χ4n) is 2.36. The molecule has 0 saturated carbocycles. The van der Waals surface area contributed by atoms with Gasteiger partial charge in [0.25, 0.3) is 0 Å². The van der Waals surface area contributed by atoms with Crippen molar-refractivity contribution in [2.24, 2.45) is 0 Å². The van der Waals surface area contributed by atoms with Crippen molar-refractivity contribution in [3.8, 4) is 39.1 Å². The summed E-state index contributed by atoms with van der Waals surface area (Å²) < 4.78 is 16.2. The first-order chi connectivity index (χ1) is 11.3. The van der Waals surface area contributed by atoms with Gasteiger partial charge in [0, 0.05) is 10.9 Å². The number of methoxy groups -OCH3 is 3. The van der Waals surface area contributed by atoms with Crippen molar-refractivity contribution in [3.63, 3.8) is 0 Å². The fraction of sp³-hybridized carbons (Fsp3) is 0.167. The average Bonchev–Trinajstić information content (AvgIpc) is 3.10. The number of benzene rings is 2. The largest absolute Gasteiger partial charge is 0.497 e. The molecule has 0 N–H and O–H groups in total. The number of rotatable bonds is 5. The second kappa shape index (κ2) is 6.71. The second-order valence-corrected chi connectivity index (χ2v) is 5.66. The highest BCUT2D eigenvalue weighted by Crippen LogP contribution is 2.38. The Balaban J connectivity index is 2.06. The van der Waals surface area contributed by atoms with E-state index >= 15 is 0 Å². The Morgan fingerprint density at radius 3 is 2.30 bits per heavy atom. The lowest BCUT2D eigenvalue weighted by Gasteiger charge is -2.08. The molecule has 5 heteroatoms. The summed E-state index contributed by atoms with van der Waals surface area (Å²) in [6.45, 7) is 0. The molecule has 3 rings (SSSR count). The third-order valence-corrected chi connectivity index (χ3v) is 4.40. The number of hydrogen-bond donors (Lipinski definition) is 0. The quantitative estimate of drug-likeness (QED) is 0.691.